The molecule has 5 nitrogen and oxygen atoms in total. The predicted molar refractivity (Wildman–Crippen MR) is 69.4 cm³/mol. The van der Waals surface area contributed by atoms with Crippen LogP contribution in [-0.2, 0) is 6.54 Å². The van der Waals surface area contributed by atoms with Crippen molar-refractivity contribution in [3.63, 3.8) is 0 Å². The summed E-state index contributed by atoms with van der Waals surface area (Å²) in [5.74, 6) is 0.877. The van der Waals surface area contributed by atoms with E-state index in [0.29, 0.717) is 0 Å². The quantitative estimate of drug-likeness (QED) is 0.881. The van der Waals surface area contributed by atoms with Crippen LogP contribution in [0.15, 0.2) is 17.0 Å². The van der Waals surface area contributed by atoms with Gasteiger partial charge >= 0.3 is 0 Å². The van der Waals surface area contributed by atoms with Crippen molar-refractivity contribution in [1.82, 2.24) is 20.0 Å². The molecule has 0 aliphatic heterocycles. The molecule has 0 saturated carbocycles. The highest BCUT2D eigenvalue weighted by atomic mass is 16.5. The van der Waals surface area contributed by atoms with E-state index >= 15 is 0 Å². The minimum absolute atomic E-state index is 0.194. The summed E-state index contributed by atoms with van der Waals surface area (Å²) in [6.07, 6.45) is 3.93. The Morgan fingerprint density at radius 1 is 1.44 bits per heavy atom. The van der Waals surface area contributed by atoms with Gasteiger partial charge in [0.25, 0.3) is 0 Å². The number of hydrogen-bond donors (Lipinski definition) is 1. The summed E-state index contributed by atoms with van der Waals surface area (Å²) in [4.78, 5) is 4.39. The molecule has 0 saturated heterocycles. The average Bonchev–Trinajstić information content (AvgIpc) is 2.94. The Hall–Kier alpha value is -1.62. The largest absolute Gasteiger partial charge is 0.361 e. The highest BCUT2D eigenvalue weighted by Crippen LogP contribution is 2.24. The summed E-state index contributed by atoms with van der Waals surface area (Å²) in [6.45, 7) is 9.89. The summed E-state index contributed by atoms with van der Waals surface area (Å²) >= 11 is 0. The van der Waals surface area contributed by atoms with E-state index in [1.54, 1.807) is 0 Å². The number of rotatable bonds is 5. The lowest BCUT2D eigenvalue weighted by Gasteiger charge is -2.12. The van der Waals surface area contributed by atoms with Crippen LogP contribution in [-0.4, -0.2) is 21.3 Å². The van der Waals surface area contributed by atoms with Crippen LogP contribution in [0, 0.1) is 13.8 Å². The van der Waals surface area contributed by atoms with Crippen LogP contribution in [0.25, 0.3) is 0 Å². The second kappa shape index (κ2) is 5.35. The van der Waals surface area contributed by atoms with Gasteiger partial charge in [-0.2, -0.15) is 0 Å². The van der Waals surface area contributed by atoms with Gasteiger partial charge in [-0.3, -0.25) is 0 Å². The van der Waals surface area contributed by atoms with Crippen molar-refractivity contribution >= 4 is 0 Å². The highest BCUT2D eigenvalue weighted by molar-refractivity contribution is 5.25. The molecule has 1 atom stereocenters. The van der Waals surface area contributed by atoms with Crippen molar-refractivity contribution in [1.29, 1.82) is 0 Å². The maximum atomic E-state index is 5.21. The molecule has 2 rings (SSSR count). The first kappa shape index (κ1) is 12.8. The van der Waals surface area contributed by atoms with E-state index in [4.69, 9.17) is 4.52 Å². The van der Waals surface area contributed by atoms with E-state index in [2.05, 4.69) is 40.1 Å². The van der Waals surface area contributed by atoms with Gasteiger partial charge in [0, 0.05) is 18.3 Å². The third-order valence-corrected chi connectivity index (χ3v) is 3.16. The molecule has 0 fully saturated rings. The van der Waals surface area contributed by atoms with Crippen molar-refractivity contribution in [2.24, 2.45) is 0 Å². The highest BCUT2D eigenvalue weighted by Gasteiger charge is 2.17. The Morgan fingerprint density at radius 3 is 2.83 bits per heavy atom. The molecule has 0 spiro atoms. The van der Waals surface area contributed by atoms with Crippen LogP contribution >= 0.6 is 0 Å². The molecule has 0 radical (unpaired) electrons. The zero-order valence-corrected chi connectivity index (χ0v) is 11.4. The van der Waals surface area contributed by atoms with Gasteiger partial charge in [-0.1, -0.05) is 12.1 Å². The van der Waals surface area contributed by atoms with Gasteiger partial charge in [0.1, 0.15) is 5.76 Å². The summed E-state index contributed by atoms with van der Waals surface area (Å²) in [5.41, 5.74) is 3.14. The Morgan fingerprint density at radius 2 is 2.22 bits per heavy atom. The SMILES string of the molecule is CCNCc1cn(C(C)c2c(C)noc2C)cn1. The minimum atomic E-state index is 0.194. The molecule has 0 aliphatic carbocycles. The predicted octanol–water partition coefficient (Wildman–Crippen LogP) is 2.21. The molecule has 98 valence electrons. The first-order valence-corrected chi connectivity index (χ1v) is 6.29. The normalized spacial score (nSPS) is 12.9. The fraction of sp³-hybridized carbons (Fsp3) is 0.538. The lowest BCUT2D eigenvalue weighted by atomic mass is 10.1. The van der Waals surface area contributed by atoms with Gasteiger partial charge in [0.15, 0.2) is 0 Å². The fourth-order valence-corrected chi connectivity index (χ4v) is 2.17. The first-order chi connectivity index (χ1) is 8.63. The third kappa shape index (κ3) is 2.46. The van der Waals surface area contributed by atoms with Crippen molar-refractivity contribution < 1.29 is 4.52 Å². The maximum Gasteiger partial charge on any atom is 0.139 e. The molecule has 0 aromatic carbocycles. The number of aryl methyl sites for hydroxylation is 2. The topological polar surface area (TPSA) is 55.9 Å². The molecule has 0 bridgehead atoms. The first-order valence-electron chi connectivity index (χ1n) is 6.29. The molecule has 0 aliphatic rings. The van der Waals surface area contributed by atoms with Crippen LogP contribution in [0.3, 0.4) is 0 Å². The van der Waals surface area contributed by atoms with E-state index < -0.39 is 0 Å². The molecule has 2 aromatic rings. The van der Waals surface area contributed by atoms with E-state index in [0.717, 1.165) is 35.8 Å². The Labute approximate surface area is 107 Å². The number of hydrogen-bond acceptors (Lipinski definition) is 4. The number of nitrogens with one attached hydrogen (secondary N) is 1. The summed E-state index contributed by atoms with van der Waals surface area (Å²) < 4.78 is 7.31. The Bertz CT molecular complexity index is 495. The van der Waals surface area contributed by atoms with Crippen molar-refractivity contribution in [3.8, 4) is 0 Å². The number of aromatic nitrogens is 3. The molecule has 1 N–H and O–H groups in total. The van der Waals surface area contributed by atoms with Crippen LogP contribution in [0.2, 0.25) is 0 Å². The molecule has 2 aromatic heterocycles. The molecule has 0 amide bonds. The molecule has 18 heavy (non-hydrogen) atoms. The van der Waals surface area contributed by atoms with E-state index in [1.807, 2.05) is 20.2 Å². The monoisotopic (exact) mass is 248 g/mol. The smallest absolute Gasteiger partial charge is 0.139 e. The fourth-order valence-electron chi connectivity index (χ4n) is 2.17. The molecule has 5 heteroatoms. The van der Waals surface area contributed by atoms with Gasteiger partial charge in [0.05, 0.1) is 23.8 Å². The van der Waals surface area contributed by atoms with Gasteiger partial charge in [-0.15, -0.1) is 0 Å². The van der Waals surface area contributed by atoms with Gasteiger partial charge in [-0.25, -0.2) is 4.98 Å². The summed E-state index contributed by atoms with van der Waals surface area (Å²) in [7, 11) is 0. The van der Waals surface area contributed by atoms with Gasteiger partial charge < -0.3 is 14.4 Å². The zero-order chi connectivity index (χ0) is 13.1. The summed E-state index contributed by atoms with van der Waals surface area (Å²) in [6, 6.07) is 0.194. The van der Waals surface area contributed by atoms with Crippen LogP contribution in [0.4, 0.5) is 0 Å². The van der Waals surface area contributed by atoms with E-state index in [9.17, 15) is 0 Å². The third-order valence-electron chi connectivity index (χ3n) is 3.16. The Kier molecular flexibility index (Phi) is 3.81. The molecular formula is C13H20N4O. The van der Waals surface area contributed by atoms with Gasteiger partial charge in [0.2, 0.25) is 0 Å². The van der Waals surface area contributed by atoms with Crippen molar-refractivity contribution in [2.45, 2.75) is 40.3 Å². The average molecular weight is 248 g/mol. The van der Waals surface area contributed by atoms with Gasteiger partial charge in [-0.05, 0) is 27.3 Å². The van der Waals surface area contributed by atoms with Crippen molar-refractivity contribution in [2.75, 3.05) is 6.54 Å². The van der Waals surface area contributed by atoms with Crippen LogP contribution in [0.1, 0.15) is 42.6 Å². The lowest BCUT2D eigenvalue weighted by Crippen LogP contribution is -2.12. The number of imidazole rings is 1. The lowest BCUT2D eigenvalue weighted by molar-refractivity contribution is 0.391. The number of nitrogens with zero attached hydrogens (tertiary/aromatic N) is 3. The van der Waals surface area contributed by atoms with Crippen molar-refractivity contribution in [3.05, 3.63) is 35.2 Å². The van der Waals surface area contributed by atoms with Crippen LogP contribution < -0.4 is 5.32 Å². The molecule has 1 unspecified atom stereocenters. The van der Waals surface area contributed by atoms with E-state index in [1.165, 1.54) is 0 Å². The summed E-state index contributed by atoms with van der Waals surface area (Å²) in [5, 5.41) is 7.27. The zero-order valence-electron chi connectivity index (χ0n) is 11.4. The van der Waals surface area contributed by atoms with E-state index in [-0.39, 0.29) is 6.04 Å². The second-order valence-electron chi connectivity index (χ2n) is 4.51. The Balaban J connectivity index is 2.18. The standard InChI is InChI=1S/C13H20N4O/c1-5-14-6-12-7-17(8-15-12)10(3)13-9(2)16-18-11(13)4/h7-8,10,14H,5-6H2,1-4H3. The maximum absolute atomic E-state index is 5.21. The second-order valence-corrected chi connectivity index (χ2v) is 4.51. The molecule has 2 heterocycles. The molecular weight excluding hydrogens is 228 g/mol. The van der Waals surface area contributed by atoms with Crippen LogP contribution in [0.5, 0.6) is 0 Å². The minimum Gasteiger partial charge on any atom is -0.361 e.